The Kier molecular flexibility index (Phi) is 7.10. The van der Waals surface area contributed by atoms with E-state index < -0.39 is 12.1 Å². The minimum absolute atomic E-state index is 0.363. The molecule has 4 rings (SSSR count). The highest BCUT2D eigenvalue weighted by atomic mass is 16.5. The number of aryl methyl sites for hydroxylation is 1. The maximum Gasteiger partial charge on any atom is 0.333 e. The number of hydrogen-bond donors (Lipinski definition) is 1. The molecular weight excluding hydrogens is 414 g/mol. The Morgan fingerprint density at radius 1 is 0.909 bits per heavy atom. The Morgan fingerprint density at radius 3 is 2.27 bits per heavy atom. The molecule has 0 spiro atoms. The molecule has 1 atom stereocenters. The van der Waals surface area contributed by atoms with E-state index in [9.17, 15) is 9.90 Å². The molecular formula is C28H29NO4. The number of methoxy groups -OCH3 is 2. The van der Waals surface area contributed by atoms with Gasteiger partial charge in [0.25, 0.3) is 0 Å². The van der Waals surface area contributed by atoms with E-state index >= 15 is 0 Å². The molecule has 0 amide bonds. The van der Waals surface area contributed by atoms with E-state index in [2.05, 4.69) is 65.6 Å². The number of carboxylic acid groups (broad SMARTS) is 1. The number of rotatable bonds is 9. The molecule has 0 aliphatic carbocycles. The molecule has 3 aromatic carbocycles. The van der Waals surface area contributed by atoms with Crippen LogP contribution in [0.15, 0.2) is 72.8 Å². The van der Waals surface area contributed by atoms with E-state index in [0.29, 0.717) is 6.42 Å². The van der Waals surface area contributed by atoms with Crippen molar-refractivity contribution >= 4 is 29.2 Å². The molecule has 0 radical (unpaired) electrons. The first-order valence-electron chi connectivity index (χ1n) is 11.2. The maximum atomic E-state index is 11.2. The van der Waals surface area contributed by atoms with Gasteiger partial charge in [-0.1, -0.05) is 54.6 Å². The van der Waals surface area contributed by atoms with Crippen LogP contribution in [0.5, 0.6) is 0 Å². The van der Waals surface area contributed by atoms with Crippen LogP contribution in [-0.2, 0) is 27.1 Å². The Labute approximate surface area is 194 Å². The van der Waals surface area contributed by atoms with Crippen LogP contribution in [0.4, 0.5) is 11.4 Å². The minimum atomic E-state index is -0.939. The summed E-state index contributed by atoms with van der Waals surface area (Å²) < 4.78 is 10.8. The molecule has 5 heteroatoms. The molecule has 5 nitrogen and oxygen atoms in total. The molecule has 0 fully saturated rings. The van der Waals surface area contributed by atoms with Gasteiger partial charge >= 0.3 is 5.97 Å². The van der Waals surface area contributed by atoms with Crippen molar-refractivity contribution in [2.45, 2.75) is 25.4 Å². The van der Waals surface area contributed by atoms with Gasteiger partial charge in [-0.25, -0.2) is 4.79 Å². The van der Waals surface area contributed by atoms with Crippen LogP contribution in [0.2, 0.25) is 0 Å². The summed E-state index contributed by atoms with van der Waals surface area (Å²) in [6.45, 7) is 0.866. The molecule has 170 valence electrons. The van der Waals surface area contributed by atoms with E-state index in [4.69, 9.17) is 9.47 Å². The molecule has 0 bridgehead atoms. The summed E-state index contributed by atoms with van der Waals surface area (Å²) >= 11 is 0. The van der Waals surface area contributed by atoms with Crippen molar-refractivity contribution in [3.8, 4) is 0 Å². The van der Waals surface area contributed by atoms with E-state index in [1.165, 1.54) is 18.4 Å². The molecule has 1 unspecified atom stereocenters. The maximum absolute atomic E-state index is 11.2. The number of aliphatic carboxylic acids is 1. The monoisotopic (exact) mass is 443 g/mol. The van der Waals surface area contributed by atoms with Gasteiger partial charge in [-0.05, 0) is 48.2 Å². The fourth-order valence-electron chi connectivity index (χ4n) is 4.30. The van der Waals surface area contributed by atoms with E-state index in [1.807, 2.05) is 18.2 Å². The summed E-state index contributed by atoms with van der Waals surface area (Å²) in [5.41, 5.74) is 6.74. The molecule has 1 aliphatic rings. The molecule has 1 heterocycles. The average Bonchev–Trinajstić information content (AvgIpc) is 2.98. The van der Waals surface area contributed by atoms with Crippen molar-refractivity contribution in [2.75, 3.05) is 25.7 Å². The first-order chi connectivity index (χ1) is 16.1. The van der Waals surface area contributed by atoms with Crippen molar-refractivity contribution in [1.82, 2.24) is 0 Å². The highest BCUT2D eigenvalue weighted by molar-refractivity contribution is 5.92. The Morgan fingerprint density at radius 2 is 1.58 bits per heavy atom. The lowest BCUT2D eigenvalue weighted by molar-refractivity contribution is -0.148. The van der Waals surface area contributed by atoms with Crippen molar-refractivity contribution in [2.24, 2.45) is 0 Å². The third-order valence-corrected chi connectivity index (χ3v) is 6.05. The van der Waals surface area contributed by atoms with Gasteiger partial charge in [0, 0.05) is 36.9 Å². The predicted octanol–water partition coefficient (Wildman–Crippen LogP) is 5.56. The highest BCUT2D eigenvalue weighted by Crippen LogP contribution is 2.39. The molecule has 33 heavy (non-hydrogen) atoms. The topological polar surface area (TPSA) is 59.0 Å². The third kappa shape index (κ3) is 5.10. The Balaban J connectivity index is 1.49. The predicted molar refractivity (Wildman–Crippen MR) is 132 cm³/mol. The normalized spacial score (nSPS) is 13.4. The first kappa shape index (κ1) is 22.6. The second-order valence-electron chi connectivity index (χ2n) is 8.13. The number of nitrogens with zero attached hydrogens (tertiary/aromatic N) is 1. The van der Waals surface area contributed by atoms with E-state index in [0.717, 1.165) is 47.5 Å². The number of carbonyl (C=O) groups is 1. The number of carboxylic acids is 1. The lowest BCUT2D eigenvalue weighted by Gasteiger charge is -2.27. The zero-order valence-electron chi connectivity index (χ0n) is 19.0. The van der Waals surface area contributed by atoms with E-state index in [-0.39, 0.29) is 0 Å². The van der Waals surface area contributed by atoms with Gasteiger partial charge in [-0.15, -0.1) is 0 Å². The second kappa shape index (κ2) is 10.4. The van der Waals surface area contributed by atoms with Gasteiger partial charge in [0.15, 0.2) is 6.10 Å². The van der Waals surface area contributed by atoms with E-state index in [1.54, 1.807) is 7.11 Å². The highest BCUT2D eigenvalue weighted by Gasteiger charge is 2.21. The summed E-state index contributed by atoms with van der Waals surface area (Å²) in [5, 5.41) is 9.18. The SMILES string of the molecule is COC1=Cc2ccccc2N(CCCc2ccc(CC(OC)C(=O)O)cc2)c2ccccc21. The number of benzene rings is 3. The molecule has 1 aliphatic heterocycles. The van der Waals surface area contributed by atoms with Gasteiger partial charge < -0.3 is 19.5 Å². The number of fused-ring (bicyclic) bond motifs is 2. The standard InChI is InChI=1S/C28H29NO4/c1-32-26-19-22-9-3-5-11-24(22)29(25-12-6-4-10-23(25)26)17-7-8-20-13-15-21(16-14-20)18-27(33-2)28(30)31/h3-6,9-16,19,27H,7-8,17-18H2,1-2H3,(H,30,31). The van der Waals surface area contributed by atoms with Gasteiger partial charge in [0.1, 0.15) is 5.76 Å². The summed E-state index contributed by atoms with van der Waals surface area (Å²) in [6.07, 6.45) is 3.56. The zero-order chi connectivity index (χ0) is 23.2. The summed E-state index contributed by atoms with van der Waals surface area (Å²) in [4.78, 5) is 13.6. The van der Waals surface area contributed by atoms with Crippen LogP contribution in [0.3, 0.4) is 0 Å². The Bertz CT molecular complexity index is 1140. The summed E-state index contributed by atoms with van der Waals surface area (Å²) in [7, 11) is 3.15. The van der Waals surface area contributed by atoms with Crippen molar-refractivity contribution in [3.63, 3.8) is 0 Å². The average molecular weight is 444 g/mol. The smallest absolute Gasteiger partial charge is 0.333 e. The van der Waals surface area contributed by atoms with Crippen LogP contribution in [0.1, 0.15) is 28.7 Å². The quantitative estimate of drug-likeness (QED) is 0.469. The zero-order valence-corrected chi connectivity index (χ0v) is 19.0. The van der Waals surface area contributed by atoms with Gasteiger partial charge in [0.05, 0.1) is 12.8 Å². The van der Waals surface area contributed by atoms with Crippen LogP contribution in [0.25, 0.3) is 11.8 Å². The van der Waals surface area contributed by atoms with Crippen molar-refractivity contribution < 1.29 is 19.4 Å². The molecule has 3 aromatic rings. The summed E-state index contributed by atoms with van der Waals surface area (Å²) in [5.74, 6) is -0.0717. The largest absolute Gasteiger partial charge is 0.496 e. The molecule has 0 saturated carbocycles. The van der Waals surface area contributed by atoms with Crippen molar-refractivity contribution in [3.05, 3.63) is 95.1 Å². The fraction of sp³-hybridized carbons (Fsp3) is 0.250. The molecule has 1 N–H and O–H groups in total. The second-order valence-corrected chi connectivity index (χ2v) is 8.13. The van der Waals surface area contributed by atoms with Gasteiger partial charge in [0.2, 0.25) is 0 Å². The molecule has 0 aromatic heterocycles. The van der Waals surface area contributed by atoms with Crippen LogP contribution >= 0.6 is 0 Å². The third-order valence-electron chi connectivity index (χ3n) is 6.05. The number of ether oxygens (including phenoxy) is 2. The van der Waals surface area contributed by atoms with Crippen LogP contribution < -0.4 is 4.90 Å². The Hall–Kier alpha value is -3.57. The van der Waals surface area contributed by atoms with Crippen LogP contribution in [0, 0.1) is 0 Å². The number of anilines is 2. The lowest BCUT2D eigenvalue weighted by Crippen LogP contribution is -2.24. The van der Waals surface area contributed by atoms with Gasteiger partial charge in [-0.3, -0.25) is 0 Å². The van der Waals surface area contributed by atoms with Crippen molar-refractivity contribution in [1.29, 1.82) is 0 Å². The molecule has 0 saturated heterocycles. The lowest BCUT2D eigenvalue weighted by atomic mass is 10.0. The number of para-hydroxylation sites is 2. The minimum Gasteiger partial charge on any atom is -0.496 e. The number of hydrogen-bond acceptors (Lipinski definition) is 4. The van der Waals surface area contributed by atoms with Gasteiger partial charge in [-0.2, -0.15) is 0 Å². The fourth-order valence-corrected chi connectivity index (χ4v) is 4.30. The van der Waals surface area contributed by atoms with Crippen LogP contribution in [-0.4, -0.2) is 37.9 Å². The summed E-state index contributed by atoms with van der Waals surface area (Å²) in [6, 6.07) is 24.9. The first-order valence-corrected chi connectivity index (χ1v) is 11.2.